The first-order valence-electron chi connectivity index (χ1n) is 9.69. The van der Waals surface area contributed by atoms with Gasteiger partial charge in [0.25, 0.3) is 0 Å². The predicted octanol–water partition coefficient (Wildman–Crippen LogP) is 3.28. The molecule has 3 heterocycles. The van der Waals surface area contributed by atoms with E-state index < -0.39 is 19.0 Å². The van der Waals surface area contributed by atoms with Crippen molar-refractivity contribution in [3.63, 3.8) is 0 Å². The summed E-state index contributed by atoms with van der Waals surface area (Å²) in [6, 6.07) is 2.13. The quantitative estimate of drug-likeness (QED) is 0.797. The van der Waals surface area contributed by atoms with E-state index in [1.54, 1.807) is 18.2 Å². The number of aromatic nitrogens is 2. The maximum Gasteiger partial charge on any atom is 0.218 e. The van der Waals surface area contributed by atoms with Crippen LogP contribution in [-0.4, -0.2) is 16.1 Å². The molecule has 20 heavy (non-hydrogen) atoms. The molecular formula is C17H14N2O. The second kappa shape index (κ2) is 4.30. The summed E-state index contributed by atoms with van der Waals surface area (Å²) in [5.74, 6) is -0.0182. The number of nitrogens with zero attached hydrogens (tertiary/aromatic N) is 2. The van der Waals surface area contributed by atoms with Gasteiger partial charge in [-0.2, -0.15) is 0 Å². The standard InChI is InChI=1S/C17H14N2O/c1-11-8-9-13-12-5-4-6-14(15-7-2-3-10-18-15)16(12)20-17(13)19-11/h2-10,12,16H,1H3/i1D3,2D,3D,7D,10D. The largest absolute Gasteiger partial charge is 0.468 e. The van der Waals surface area contributed by atoms with Crippen molar-refractivity contribution in [3.8, 4) is 5.88 Å². The molecule has 0 amide bonds. The predicted molar refractivity (Wildman–Crippen MR) is 77.5 cm³/mol. The van der Waals surface area contributed by atoms with Gasteiger partial charge in [0.05, 0.1) is 11.2 Å². The molecule has 1 aliphatic carbocycles. The van der Waals surface area contributed by atoms with Crippen molar-refractivity contribution in [2.45, 2.75) is 18.9 Å². The van der Waals surface area contributed by atoms with Gasteiger partial charge in [-0.15, -0.1) is 0 Å². The third-order valence-electron chi connectivity index (χ3n) is 3.45. The number of hydrogen-bond acceptors (Lipinski definition) is 3. The number of hydrogen-bond donors (Lipinski definition) is 0. The average Bonchev–Trinajstić information content (AvgIpc) is 3.00. The van der Waals surface area contributed by atoms with E-state index in [0.717, 1.165) is 5.56 Å². The van der Waals surface area contributed by atoms with E-state index in [1.165, 1.54) is 6.07 Å². The lowest BCUT2D eigenvalue weighted by atomic mass is 9.86. The minimum absolute atomic E-state index is 0.0610. The zero-order valence-corrected chi connectivity index (χ0v) is 10.3. The summed E-state index contributed by atoms with van der Waals surface area (Å²) in [6.45, 7) is -2.35. The first-order valence-corrected chi connectivity index (χ1v) is 6.19. The number of fused-ring (bicyclic) bond motifs is 3. The van der Waals surface area contributed by atoms with Gasteiger partial charge in [0, 0.05) is 33.0 Å². The Morgan fingerprint density at radius 3 is 3.30 bits per heavy atom. The second-order valence-electron chi connectivity index (χ2n) is 4.61. The van der Waals surface area contributed by atoms with E-state index in [-0.39, 0.29) is 41.4 Å². The molecule has 2 atom stereocenters. The Labute approximate surface area is 127 Å². The summed E-state index contributed by atoms with van der Waals surface area (Å²) in [4.78, 5) is 8.15. The SMILES string of the molecule is [2H]c1nc(C2=CC=CC3c4ccc(C([2H])([2H])[2H])nc4OC23)c([2H])c([2H])c1[2H]. The number of aryl methyl sites for hydroxylation is 1. The first kappa shape index (κ1) is 6.35. The monoisotopic (exact) mass is 269 g/mol. The molecule has 3 heteroatoms. The smallest absolute Gasteiger partial charge is 0.218 e. The van der Waals surface area contributed by atoms with Crippen LogP contribution in [0.1, 0.15) is 32.5 Å². The molecule has 0 radical (unpaired) electrons. The lowest BCUT2D eigenvalue weighted by Gasteiger charge is -2.21. The summed E-state index contributed by atoms with van der Waals surface area (Å²) < 4.78 is 59.8. The fourth-order valence-electron chi connectivity index (χ4n) is 2.57. The topological polar surface area (TPSA) is 35.0 Å². The van der Waals surface area contributed by atoms with Crippen LogP contribution in [0.25, 0.3) is 5.57 Å². The van der Waals surface area contributed by atoms with Gasteiger partial charge in [0.15, 0.2) is 0 Å². The minimum Gasteiger partial charge on any atom is -0.468 e. The van der Waals surface area contributed by atoms with Crippen molar-refractivity contribution >= 4 is 5.57 Å². The summed E-state index contributed by atoms with van der Waals surface area (Å²) in [7, 11) is 0. The molecule has 1 aliphatic heterocycles. The molecule has 2 unspecified atom stereocenters. The van der Waals surface area contributed by atoms with E-state index in [9.17, 15) is 0 Å². The summed E-state index contributed by atoms with van der Waals surface area (Å²) in [5.41, 5.74) is 1.29. The molecule has 0 bridgehead atoms. The van der Waals surface area contributed by atoms with Gasteiger partial charge in [-0.3, -0.25) is 4.98 Å². The van der Waals surface area contributed by atoms with Gasteiger partial charge < -0.3 is 4.74 Å². The molecule has 3 nitrogen and oxygen atoms in total. The molecule has 98 valence electrons. The molecule has 0 saturated heterocycles. The number of pyridine rings is 2. The fourth-order valence-corrected chi connectivity index (χ4v) is 2.57. The van der Waals surface area contributed by atoms with E-state index in [1.807, 2.05) is 6.08 Å². The fraction of sp³-hybridized carbons (Fsp3) is 0.176. The minimum atomic E-state index is -2.35. The van der Waals surface area contributed by atoms with Crippen molar-refractivity contribution in [2.75, 3.05) is 0 Å². The normalized spacial score (nSPS) is 28.4. The van der Waals surface area contributed by atoms with Crippen LogP contribution in [0.5, 0.6) is 5.88 Å². The molecule has 4 rings (SSSR count). The van der Waals surface area contributed by atoms with Gasteiger partial charge >= 0.3 is 0 Å². The van der Waals surface area contributed by atoms with E-state index in [4.69, 9.17) is 14.3 Å². The third-order valence-corrected chi connectivity index (χ3v) is 3.45. The Kier molecular flexibility index (Phi) is 1.37. The highest BCUT2D eigenvalue weighted by Crippen LogP contribution is 2.44. The molecule has 2 aromatic rings. The van der Waals surface area contributed by atoms with Gasteiger partial charge in [-0.1, -0.05) is 30.3 Å². The Balaban J connectivity index is 1.78. The van der Waals surface area contributed by atoms with Crippen LogP contribution in [0.15, 0.2) is 54.7 Å². The summed E-state index contributed by atoms with van der Waals surface area (Å²) >= 11 is 0. The summed E-state index contributed by atoms with van der Waals surface area (Å²) in [6.07, 6.45) is 4.39. The highest BCUT2D eigenvalue weighted by molar-refractivity contribution is 5.73. The molecule has 0 fully saturated rings. The molecule has 2 aliphatic rings. The van der Waals surface area contributed by atoms with Crippen LogP contribution in [0, 0.1) is 6.85 Å². The lowest BCUT2D eigenvalue weighted by Crippen LogP contribution is -2.22. The van der Waals surface area contributed by atoms with Gasteiger partial charge in [-0.25, -0.2) is 4.98 Å². The van der Waals surface area contributed by atoms with Gasteiger partial charge in [-0.05, 0) is 25.0 Å². The Morgan fingerprint density at radius 2 is 2.35 bits per heavy atom. The van der Waals surface area contributed by atoms with Crippen LogP contribution < -0.4 is 4.74 Å². The summed E-state index contributed by atoms with van der Waals surface area (Å²) in [5, 5.41) is 0. The van der Waals surface area contributed by atoms with Crippen molar-refractivity contribution in [1.29, 1.82) is 0 Å². The molecule has 0 spiro atoms. The Bertz CT molecular complexity index is 1010. The van der Waals surface area contributed by atoms with Crippen LogP contribution in [0.4, 0.5) is 0 Å². The van der Waals surface area contributed by atoms with Crippen molar-refractivity contribution in [2.24, 2.45) is 0 Å². The molecule has 0 aromatic carbocycles. The highest BCUT2D eigenvalue weighted by atomic mass is 16.5. The Hall–Kier alpha value is -2.42. The number of ether oxygens (including phenoxy) is 1. The molecule has 2 aromatic heterocycles. The van der Waals surface area contributed by atoms with Crippen molar-refractivity contribution in [3.05, 3.63) is 71.6 Å². The zero-order chi connectivity index (χ0) is 19.5. The van der Waals surface area contributed by atoms with Crippen molar-refractivity contribution in [1.82, 2.24) is 9.97 Å². The van der Waals surface area contributed by atoms with Gasteiger partial charge in [0.1, 0.15) is 6.10 Å². The van der Waals surface area contributed by atoms with Crippen molar-refractivity contribution < 1.29 is 14.3 Å². The van der Waals surface area contributed by atoms with E-state index in [2.05, 4.69) is 9.97 Å². The molecule has 0 N–H and O–H groups in total. The van der Waals surface area contributed by atoms with Crippen LogP contribution in [0.3, 0.4) is 0 Å². The Morgan fingerprint density at radius 1 is 1.35 bits per heavy atom. The van der Waals surface area contributed by atoms with E-state index in [0.29, 0.717) is 5.57 Å². The number of allylic oxidation sites excluding steroid dienone is 2. The van der Waals surface area contributed by atoms with Crippen LogP contribution in [-0.2, 0) is 0 Å². The zero-order valence-electron chi connectivity index (χ0n) is 17.3. The molecular weight excluding hydrogens is 248 g/mol. The lowest BCUT2D eigenvalue weighted by molar-refractivity contribution is 0.269. The number of rotatable bonds is 1. The average molecular weight is 269 g/mol. The maximum atomic E-state index is 8.13. The molecule has 0 saturated carbocycles. The highest BCUT2D eigenvalue weighted by Gasteiger charge is 2.38. The van der Waals surface area contributed by atoms with E-state index >= 15 is 0 Å². The van der Waals surface area contributed by atoms with Crippen LogP contribution >= 0.6 is 0 Å². The maximum absolute atomic E-state index is 8.13. The second-order valence-corrected chi connectivity index (χ2v) is 4.61. The van der Waals surface area contributed by atoms with Gasteiger partial charge in [0.2, 0.25) is 5.88 Å². The van der Waals surface area contributed by atoms with Crippen LogP contribution in [0.2, 0.25) is 0 Å². The first-order chi connectivity index (χ1) is 12.7. The third kappa shape index (κ3) is 1.67.